The van der Waals surface area contributed by atoms with Gasteiger partial charge in [0, 0.05) is 18.5 Å². The average Bonchev–Trinajstić information content (AvgIpc) is 2.39. The van der Waals surface area contributed by atoms with Crippen LogP contribution < -0.4 is 11.1 Å². The Labute approximate surface area is 123 Å². The van der Waals surface area contributed by atoms with Crippen LogP contribution >= 0.6 is 11.6 Å². The first-order chi connectivity index (χ1) is 9.40. The molecular weight excluding hydrogens is 280 g/mol. The monoisotopic (exact) mass is 298 g/mol. The molecule has 0 fully saturated rings. The molecule has 0 spiro atoms. The Morgan fingerprint density at radius 2 is 2.10 bits per heavy atom. The number of carboxylic acid groups (broad SMARTS) is 1. The summed E-state index contributed by atoms with van der Waals surface area (Å²) in [5.74, 6) is -0.754. The van der Waals surface area contributed by atoms with Crippen molar-refractivity contribution >= 4 is 29.2 Å². The number of carbonyl (C=O) groups is 2. The first kappa shape index (κ1) is 16.3. The molecule has 6 heteroatoms. The van der Waals surface area contributed by atoms with Gasteiger partial charge in [-0.1, -0.05) is 18.5 Å². The van der Waals surface area contributed by atoms with Crippen LogP contribution in [0.25, 0.3) is 0 Å². The standard InChI is InChI=1S/C14H19ClN2O3/c1-9(2-5-13(18)19)6-7-17-14(20)10-3-4-12(16)11(15)8-10/h3-4,8-9H,2,5-7,16H2,1H3,(H,17,20)(H,18,19). The van der Waals surface area contributed by atoms with Gasteiger partial charge >= 0.3 is 5.97 Å². The Balaban J connectivity index is 2.36. The van der Waals surface area contributed by atoms with Gasteiger partial charge in [0.25, 0.3) is 5.91 Å². The number of hydrogen-bond acceptors (Lipinski definition) is 3. The molecule has 1 amide bonds. The molecule has 0 aromatic heterocycles. The van der Waals surface area contributed by atoms with Crippen molar-refractivity contribution in [2.75, 3.05) is 12.3 Å². The zero-order valence-electron chi connectivity index (χ0n) is 11.4. The minimum Gasteiger partial charge on any atom is -0.481 e. The second kappa shape index (κ2) is 7.75. The van der Waals surface area contributed by atoms with E-state index in [1.165, 1.54) is 6.07 Å². The number of nitrogens with one attached hydrogen (secondary N) is 1. The summed E-state index contributed by atoms with van der Waals surface area (Å²) in [5.41, 5.74) is 6.47. The normalized spacial score (nSPS) is 11.9. The number of carbonyl (C=O) groups excluding carboxylic acids is 1. The number of hydrogen-bond donors (Lipinski definition) is 3. The highest BCUT2D eigenvalue weighted by molar-refractivity contribution is 6.33. The number of nitrogen functional groups attached to an aromatic ring is 1. The lowest BCUT2D eigenvalue weighted by Gasteiger charge is -2.11. The van der Waals surface area contributed by atoms with Crippen molar-refractivity contribution in [3.05, 3.63) is 28.8 Å². The number of amides is 1. The summed E-state index contributed by atoms with van der Waals surface area (Å²) in [5, 5.41) is 11.7. The molecule has 110 valence electrons. The highest BCUT2D eigenvalue weighted by Crippen LogP contribution is 2.19. The first-order valence-corrected chi connectivity index (χ1v) is 6.83. The molecule has 5 nitrogen and oxygen atoms in total. The maximum absolute atomic E-state index is 11.9. The molecule has 4 N–H and O–H groups in total. The molecule has 20 heavy (non-hydrogen) atoms. The number of anilines is 1. The van der Waals surface area contributed by atoms with Crippen LogP contribution in [0.15, 0.2) is 18.2 Å². The van der Waals surface area contributed by atoms with Crippen LogP contribution in [-0.4, -0.2) is 23.5 Å². The molecule has 1 unspecified atom stereocenters. The fourth-order valence-electron chi connectivity index (χ4n) is 1.72. The summed E-state index contributed by atoms with van der Waals surface area (Å²) in [6.07, 6.45) is 1.50. The number of rotatable bonds is 7. The van der Waals surface area contributed by atoms with Crippen LogP contribution in [-0.2, 0) is 4.79 Å². The van der Waals surface area contributed by atoms with Gasteiger partial charge in [-0.2, -0.15) is 0 Å². The third kappa shape index (κ3) is 5.48. The molecule has 0 saturated heterocycles. The van der Waals surface area contributed by atoms with E-state index in [0.717, 1.165) is 6.42 Å². The predicted molar refractivity (Wildman–Crippen MR) is 78.8 cm³/mol. The molecule has 0 bridgehead atoms. The fourth-order valence-corrected chi connectivity index (χ4v) is 1.90. The maximum atomic E-state index is 11.9. The number of nitrogens with two attached hydrogens (primary N) is 1. The summed E-state index contributed by atoms with van der Waals surface area (Å²) < 4.78 is 0. The highest BCUT2D eigenvalue weighted by Gasteiger charge is 2.09. The molecule has 1 aromatic rings. The van der Waals surface area contributed by atoms with Crippen LogP contribution in [0.2, 0.25) is 5.02 Å². The third-order valence-corrected chi connectivity index (χ3v) is 3.36. The van der Waals surface area contributed by atoms with Crippen LogP contribution in [0.3, 0.4) is 0 Å². The van der Waals surface area contributed by atoms with Crippen LogP contribution in [0, 0.1) is 5.92 Å². The van der Waals surface area contributed by atoms with Crippen LogP contribution in [0.4, 0.5) is 5.69 Å². The summed E-state index contributed by atoms with van der Waals surface area (Å²) in [4.78, 5) is 22.3. The Hall–Kier alpha value is -1.75. The average molecular weight is 299 g/mol. The molecule has 1 rings (SSSR count). The maximum Gasteiger partial charge on any atom is 0.303 e. The van der Waals surface area contributed by atoms with Gasteiger partial charge in [0.15, 0.2) is 0 Å². The van der Waals surface area contributed by atoms with E-state index in [9.17, 15) is 9.59 Å². The van der Waals surface area contributed by atoms with Crippen molar-refractivity contribution in [3.8, 4) is 0 Å². The van der Waals surface area contributed by atoms with Crippen LogP contribution in [0.5, 0.6) is 0 Å². The molecule has 0 aliphatic heterocycles. The molecule has 1 aromatic carbocycles. The van der Waals surface area contributed by atoms with E-state index in [1.54, 1.807) is 12.1 Å². The minimum atomic E-state index is -0.794. The number of halogens is 1. The summed E-state index contributed by atoms with van der Waals surface area (Å²) in [6.45, 7) is 2.47. The van der Waals surface area contributed by atoms with Gasteiger partial charge in [-0.15, -0.1) is 0 Å². The zero-order chi connectivity index (χ0) is 15.1. The molecule has 0 aliphatic carbocycles. The van der Waals surface area contributed by atoms with E-state index in [4.69, 9.17) is 22.4 Å². The summed E-state index contributed by atoms with van der Waals surface area (Å²) in [6, 6.07) is 4.73. The lowest BCUT2D eigenvalue weighted by atomic mass is 10.0. The molecule has 1 atom stereocenters. The van der Waals surface area contributed by atoms with E-state index in [-0.39, 0.29) is 18.2 Å². The van der Waals surface area contributed by atoms with E-state index in [1.807, 2.05) is 6.92 Å². The Morgan fingerprint density at radius 3 is 2.70 bits per heavy atom. The number of benzene rings is 1. The van der Waals surface area contributed by atoms with Gasteiger partial charge in [-0.05, 0) is 37.0 Å². The van der Waals surface area contributed by atoms with Crippen molar-refractivity contribution in [1.82, 2.24) is 5.32 Å². The van der Waals surface area contributed by atoms with Gasteiger partial charge in [0.1, 0.15) is 0 Å². The van der Waals surface area contributed by atoms with Gasteiger partial charge in [-0.25, -0.2) is 0 Å². The largest absolute Gasteiger partial charge is 0.481 e. The fraction of sp³-hybridized carbons (Fsp3) is 0.429. The minimum absolute atomic E-state index is 0.155. The Morgan fingerprint density at radius 1 is 1.40 bits per heavy atom. The second-order valence-electron chi connectivity index (χ2n) is 4.82. The van der Waals surface area contributed by atoms with E-state index >= 15 is 0 Å². The molecular formula is C14H19ClN2O3. The van der Waals surface area contributed by atoms with E-state index in [2.05, 4.69) is 5.32 Å². The van der Waals surface area contributed by atoms with E-state index < -0.39 is 5.97 Å². The van der Waals surface area contributed by atoms with Crippen molar-refractivity contribution in [1.29, 1.82) is 0 Å². The molecule has 0 heterocycles. The van der Waals surface area contributed by atoms with Crippen molar-refractivity contribution in [2.45, 2.75) is 26.2 Å². The van der Waals surface area contributed by atoms with Crippen molar-refractivity contribution < 1.29 is 14.7 Å². The van der Waals surface area contributed by atoms with Gasteiger partial charge < -0.3 is 16.2 Å². The lowest BCUT2D eigenvalue weighted by Crippen LogP contribution is -2.25. The molecule has 0 saturated carbocycles. The first-order valence-electron chi connectivity index (χ1n) is 6.45. The lowest BCUT2D eigenvalue weighted by molar-refractivity contribution is -0.137. The van der Waals surface area contributed by atoms with Gasteiger partial charge in [0.05, 0.1) is 10.7 Å². The summed E-state index contributed by atoms with van der Waals surface area (Å²) in [7, 11) is 0. The second-order valence-corrected chi connectivity index (χ2v) is 5.23. The van der Waals surface area contributed by atoms with Crippen molar-refractivity contribution in [2.24, 2.45) is 5.92 Å². The van der Waals surface area contributed by atoms with E-state index in [0.29, 0.717) is 29.2 Å². The summed E-state index contributed by atoms with van der Waals surface area (Å²) >= 11 is 5.85. The number of carboxylic acids is 1. The predicted octanol–water partition coefficient (Wildman–Crippen LogP) is 2.54. The van der Waals surface area contributed by atoms with Crippen molar-refractivity contribution in [3.63, 3.8) is 0 Å². The molecule has 0 radical (unpaired) electrons. The third-order valence-electron chi connectivity index (χ3n) is 3.04. The van der Waals surface area contributed by atoms with Crippen LogP contribution in [0.1, 0.15) is 36.5 Å². The zero-order valence-corrected chi connectivity index (χ0v) is 12.1. The Bertz CT molecular complexity index is 491. The Kier molecular flexibility index (Phi) is 6.31. The van der Waals surface area contributed by atoms with Gasteiger partial charge in [-0.3, -0.25) is 9.59 Å². The highest BCUT2D eigenvalue weighted by atomic mass is 35.5. The number of aliphatic carboxylic acids is 1. The quantitative estimate of drug-likeness (QED) is 0.674. The molecule has 0 aliphatic rings. The smallest absolute Gasteiger partial charge is 0.303 e. The topological polar surface area (TPSA) is 92.4 Å². The SMILES string of the molecule is CC(CCNC(=O)c1ccc(N)c(Cl)c1)CCC(=O)O. The van der Waals surface area contributed by atoms with Gasteiger partial charge in [0.2, 0.25) is 0 Å².